The van der Waals surface area contributed by atoms with Crippen molar-refractivity contribution >= 4 is 0 Å². The van der Waals surface area contributed by atoms with Crippen LogP contribution in [0.15, 0.2) is 36.4 Å². The molecule has 0 aliphatic heterocycles. The first-order chi connectivity index (χ1) is 10.0. The quantitative estimate of drug-likeness (QED) is 0.933. The van der Waals surface area contributed by atoms with Gasteiger partial charge in [0.05, 0.1) is 11.6 Å². The number of nitriles is 1. The zero-order valence-electron chi connectivity index (χ0n) is 12.1. The van der Waals surface area contributed by atoms with Gasteiger partial charge in [0, 0.05) is 11.6 Å². The van der Waals surface area contributed by atoms with E-state index in [1.807, 2.05) is 19.1 Å². The maximum Gasteiger partial charge on any atom is 0.124 e. The van der Waals surface area contributed by atoms with Crippen LogP contribution in [-0.2, 0) is 6.61 Å². The van der Waals surface area contributed by atoms with Gasteiger partial charge < -0.3 is 10.5 Å². The summed E-state index contributed by atoms with van der Waals surface area (Å²) in [5.74, 6) is 0.249. The summed E-state index contributed by atoms with van der Waals surface area (Å²) in [6.45, 7) is 4.06. The molecule has 0 amide bonds. The maximum atomic E-state index is 13.3. The standard InChI is InChI=1S/C17H17FN2O/c1-11-7-13(9-19)3-4-14(11)10-21-17-6-5-15(18)8-16(17)12(2)20/h3-8,12H,10,20H2,1-2H3/t12-/m0/s1. The number of ether oxygens (including phenoxy) is 1. The van der Waals surface area contributed by atoms with Crippen molar-refractivity contribution < 1.29 is 9.13 Å². The Labute approximate surface area is 123 Å². The first kappa shape index (κ1) is 15.0. The molecule has 2 aromatic carbocycles. The molecule has 4 heteroatoms. The maximum absolute atomic E-state index is 13.3. The minimum Gasteiger partial charge on any atom is -0.489 e. The molecule has 2 aromatic rings. The van der Waals surface area contributed by atoms with E-state index in [0.29, 0.717) is 23.5 Å². The Bertz CT molecular complexity index is 690. The van der Waals surface area contributed by atoms with Crippen LogP contribution >= 0.6 is 0 Å². The second kappa shape index (κ2) is 6.38. The Balaban J connectivity index is 2.19. The van der Waals surface area contributed by atoms with E-state index in [4.69, 9.17) is 15.7 Å². The molecule has 21 heavy (non-hydrogen) atoms. The van der Waals surface area contributed by atoms with Crippen molar-refractivity contribution in [2.24, 2.45) is 5.73 Å². The molecule has 108 valence electrons. The van der Waals surface area contributed by atoms with Crippen molar-refractivity contribution in [1.29, 1.82) is 5.26 Å². The Hall–Kier alpha value is -2.38. The summed E-state index contributed by atoms with van der Waals surface area (Å²) in [5.41, 5.74) is 9.06. The molecule has 0 bridgehead atoms. The lowest BCUT2D eigenvalue weighted by atomic mass is 10.1. The van der Waals surface area contributed by atoms with Gasteiger partial charge in [-0.15, -0.1) is 0 Å². The zero-order valence-corrected chi connectivity index (χ0v) is 12.1. The third-order valence-corrected chi connectivity index (χ3v) is 3.32. The van der Waals surface area contributed by atoms with Crippen LogP contribution < -0.4 is 10.5 Å². The van der Waals surface area contributed by atoms with Gasteiger partial charge in [-0.05, 0) is 55.3 Å². The van der Waals surface area contributed by atoms with Crippen LogP contribution in [0.2, 0.25) is 0 Å². The van der Waals surface area contributed by atoms with Gasteiger partial charge in [0.1, 0.15) is 18.2 Å². The Morgan fingerprint density at radius 1 is 1.29 bits per heavy atom. The lowest BCUT2D eigenvalue weighted by molar-refractivity contribution is 0.300. The minimum absolute atomic E-state index is 0.308. The van der Waals surface area contributed by atoms with Crippen LogP contribution in [0.3, 0.4) is 0 Å². The van der Waals surface area contributed by atoms with Gasteiger partial charge in [-0.25, -0.2) is 4.39 Å². The average Bonchev–Trinajstić information content (AvgIpc) is 2.46. The van der Waals surface area contributed by atoms with Crippen molar-refractivity contribution in [3.8, 4) is 11.8 Å². The molecule has 0 spiro atoms. The number of nitrogens with zero attached hydrogens (tertiary/aromatic N) is 1. The number of aryl methyl sites for hydroxylation is 1. The number of rotatable bonds is 4. The Kier molecular flexibility index (Phi) is 4.56. The molecule has 1 atom stereocenters. The van der Waals surface area contributed by atoms with Crippen molar-refractivity contribution in [2.75, 3.05) is 0 Å². The van der Waals surface area contributed by atoms with E-state index in [0.717, 1.165) is 11.1 Å². The van der Waals surface area contributed by atoms with Gasteiger partial charge in [-0.2, -0.15) is 5.26 Å². The van der Waals surface area contributed by atoms with Gasteiger partial charge in [-0.1, -0.05) is 6.07 Å². The summed E-state index contributed by atoms with van der Waals surface area (Å²) in [5, 5.41) is 8.85. The molecule has 0 fully saturated rings. The summed E-state index contributed by atoms with van der Waals surface area (Å²) in [6, 6.07) is 11.6. The molecule has 3 nitrogen and oxygen atoms in total. The largest absolute Gasteiger partial charge is 0.489 e. The van der Waals surface area contributed by atoms with E-state index in [1.54, 1.807) is 19.1 Å². The first-order valence-corrected chi connectivity index (χ1v) is 6.68. The molecule has 0 saturated carbocycles. The highest BCUT2D eigenvalue weighted by Crippen LogP contribution is 2.26. The van der Waals surface area contributed by atoms with E-state index in [-0.39, 0.29) is 11.9 Å². The van der Waals surface area contributed by atoms with Crippen LogP contribution in [0.5, 0.6) is 5.75 Å². The summed E-state index contributed by atoms with van der Waals surface area (Å²) in [7, 11) is 0. The fourth-order valence-electron chi connectivity index (χ4n) is 2.09. The predicted molar refractivity (Wildman–Crippen MR) is 79.2 cm³/mol. The fourth-order valence-corrected chi connectivity index (χ4v) is 2.09. The number of hydrogen-bond acceptors (Lipinski definition) is 3. The molecule has 0 unspecified atom stereocenters. The Morgan fingerprint density at radius 2 is 2.05 bits per heavy atom. The van der Waals surface area contributed by atoms with Crippen LogP contribution in [-0.4, -0.2) is 0 Å². The lowest BCUT2D eigenvalue weighted by Crippen LogP contribution is -2.09. The molecule has 0 heterocycles. The average molecular weight is 284 g/mol. The highest BCUT2D eigenvalue weighted by Gasteiger charge is 2.10. The van der Waals surface area contributed by atoms with Crippen molar-refractivity contribution in [1.82, 2.24) is 0 Å². The van der Waals surface area contributed by atoms with E-state index in [9.17, 15) is 4.39 Å². The Morgan fingerprint density at radius 3 is 2.67 bits per heavy atom. The first-order valence-electron chi connectivity index (χ1n) is 6.68. The van der Waals surface area contributed by atoms with Gasteiger partial charge in [-0.3, -0.25) is 0 Å². The van der Waals surface area contributed by atoms with E-state index >= 15 is 0 Å². The SMILES string of the molecule is Cc1cc(C#N)ccc1COc1ccc(F)cc1[C@H](C)N. The smallest absolute Gasteiger partial charge is 0.124 e. The molecule has 2 N–H and O–H groups in total. The van der Waals surface area contributed by atoms with Crippen LogP contribution in [0, 0.1) is 24.1 Å². The van der Waals surface area contributed by atoms with E-state index < -0.39 is 0 Å². The fraction of sp³-hybridized carbons (Fsp3) is 0.235. The molecule has 0 radical (unpaired) electrons. The van der Waals surface area contributed by atoms with Gasteiger partial charge in [0.15, 0.2) is 0 Å². The molecular formula is C17H17FN2O. The molecule has 0 aliphatic rings. The van der Waals surface area contributed by atoms with Gasteiger partial charge >= 0.3 is 0 Å². The van der Waals surface area contributed by atoms with Gasteiger partial charge in [0.2, 0.25) is 0 Å². The van der Waals surface area contributed by atoms with Crippen molar-refractivity contribution in [3.05, 3.63) is 64.5 Å². The highest BCUT2D eigenvalue weighted by molar-refractivity contribution is 5.39. The number of nitrogens with two attached hydrogens (primary N) is 1. The van der Waals surface area contributed by atoms with Crippen molar-refractivity contribution in [2.45, 2.75) is 26.5 Å². The third kappa shape index (κ3) is 3.59. The normalized spacial score (nSPS) is 11.8. The molecule has 0 aromatic heterocycles. The second-order valence-electron chi connectivity index (χ2n) is 5.01. The predicted octanol–water partition coefficient (Wildman–Crippen LogP) is 3.60. The van der Waals surface area contributed by atoms with Crippen LogP contribution in [0.25, 0.3) is 0 Å². The summed E-state index contributed by atoms with van der Waals surface area (Å²) in [4.78, 5) is 0. The molecule has 2 rings (SSSR count). The monoisotopic (exact) mass is 284 g/mol. The third-order valence-electron chi connectivity index (χ3n) is 3.32. The second-order valence-corrected chi connectivity index (χ2v) is 5.01. The van der Waals surface area contributed by atoms with Crippen LogP contribution in [0.1, 0.15) is 35.2 Å². The number of benzene rings is 2. The van der Waals surface area contributed by atoms with Crippen molar-refractivity contribution in [3.63, 3.8) is 0 Å². The summed E-state index contributed by atoms with van der Waals surface area (Å²) in [6.07, 6.45) is 0. The molecular weight excluding hydrogens is 267 g/mol. The topological polar surface area (TPSA) is 59.0 Å². The number of hydrogen-bond donors (Lipinski definition) is 1. The van der Waals surface area contributed by atoms with E-state index in [1.165, 1.54) is 12.1 Å². The zero-order chi connectivity index (χ0) is 15.4. The molecule has 0 aliphatic carbocycles. The summed E-state index contributed by atoms with van der Waals surface area (Å²) < 4.78 is 19.0. The number of halogens is 1. The minimum atomic E-state index is -0.329. The van der Waals surface area contributed by atoms with Crippen LogP contribution in [0.4, 0.5) is 4.39 Å². The van der Waals surface area contributed by atoms with Gasteiger partial charge in [0.25, 0.3) is 0 Å². The molecule has 0 saturated heterocycles. The highest BCUT2D eigenvalue weighted by atomic mass is 19.1. The summed E-state index contributed by atoms with van der Waals surface area (Å²) >= 11 is 0. The lowest BCUT2D eigenvalue weighted by Gasteiger charge is -2.15. The van der Waals surface area contributed by atoms with E-state index in [2.05, 4.69) is 6.07 Å².